The second-order valence-corrected chi connectivity index (χ2v) is 5.66. The first-order chi connectivity index (χ1) is 7.57. The van der Waals surface area contributed by atoms with Crippen LogP contribution in [0.4, 0.5) is 0 Å². The molecule has 1 fully saturated rings. The van der Waals surface area contributed by atoms with Crippen LogP contribution in [0.15, 0.2) is 12.7 Å². The average Bonchev–Trinajstić information content (AvgIpc) is 2.68. The largest absolute Gasteiger partial charge is 0.299 e. The maximum atomic E-state index is 4.13. The lowest BCUT2D eigenvalue weighted by Crippen LogP contribution is -2.45. The van der Waals surface area contributed by atoms with Crippen LogP contribution in [0.25, 0.3) is 0 Å². The van der Waals surface area contributed by atoms with Crippen LogP contribution in [0.5, 0.6) is 0 Å². The smallest absolute Gasteiger partial charge is 0.137 e. The van der Waals surface area contributed by atoms with E-state index in [-0.39, 0.29) is 0 Å². The van der Waals surface area contributed by atoms with E-state index < -0.39 is 0 Å². The lowest BCUT2D eigenvalue weighted by molar-refractivity contribution is 0.0764. The summed E-state index contributed by atoms with van der Waals surface area (Å²) in [7, 11) is 0. The van der Waals surface area contributed by atoms with E-state index in [4.69, 9.17) is 0 Å². The van der Waals surface area contributed by atoms with E-state index in [0.717, 1.165) is 13.1 Å². The van der Waals surface area contributed by atoms with Gasteiger partial charge in [0.2, 0.25) is 0 Å². The molecule has 1 unspecified atom stereocenters. The minimum atomic E-state index is 0.517. The Morgan fingerprint density at radius 1 is 1.38 bits per heavy atom. The van der Waals surface area contributed by atoms with Gasteiger partial charge in [0, 0.05) is 12.6 Å². The van der Waals surface area contributed by atoms with Crippen molar-refractivity contribution in [1.82, 2.24) is 19.7 Å². The lowest BCUT2D eigenvalue weighted by atomic mass is 9.79. The zero-order chi connectivity index (χ0) is 11.6. The topological polar surface area (TPSA) is 34.0 Å². The molecule has 16 heavy (non-hydrogen) atoms. The molecule has 1 aliphatic rings. The summed E-state index contributed by atoms with van der Waals surface area (Å²) in [5.74, 6) is 0. The predicted molar refractivity (Wildman–Crippen MR) is 64.1 cm³/mol. The van der Waals surface area contributed by atoms with Gasteiger partial charge in [-0.05, 0) is 31.7 Å². The molecule has 1 saturated heterocycles. The third-order valence-electron chi connectivity index (χ3n) is 3.63. The quantitative estimate of drug-likeness (QED) is 0.782. The molecule has 90 valence electrons. The Balaban J connectivity index is 1.83. The second-order valence-electron chi connectivity index (χ2n) is 5.66. The fourth-order valence-electron chi connectivity index (χ4n) is 2.61. The number of rotatable bonds is 3. The minimum Gasteiger partial charge on any atom is -0.299 e. The van der Waals surface area contributed by atoms with Gasteiger partial charge in [0.1, 0.15) is 12.7 Å². The van der Waals surface area contributed by atoms with Crippen molar-refractivity contribution in [1.29, 1.82) is 0 Å². The van der Waals surface area contributed by atoms with Gasteiger partial charge in [-0.15, -0.1) is 0 Å². The van der Waals surface area contributed by atoms with E-state index in [9.17, 15) is 0 Å². The molecule has 1 atom stereocenters. The third-order valence-corrected chi connectivity index (χ3v) is 3.63. The van der Waals surface area contributed by atoms with Gasteiger partial charge in [0.05, 0.1) is 6.54 Å². The van der Waals surface area contributed by atoms with E-state index in [1.165, 1.54) is 19.4 Å². The highest BCUT2D eigenvalue weighted by molar-refractivity contribution is 4.84. The zero-order valence-electron chi connectivity index (χ0n) is 10.6. The highest BCUT2D eigenvalue weighted by atomic mass is 15.3. The lowest BCUT2D eigenvalue weighted by Gasteiger charge is -2.42. The third kappa shape index (κ3) is 2.82. The standard InChI is InChI=1S/C12H22N4/c1-11-8-12(2,3)4-5-15(11)6-7-16-10-13-9-14-16/h9-11H,4-8H2,1-3H3. The molecule has 0 bridgehead atoms. The van der Waals surface area contributed by atoms with Crippen LogP contribution in [-0.2, 0) is 6.54 Å². The summed E-state index contributed by atoms with van der Waals surface area (Å²) in [4.78, 5) is 6.52. The molecule has 2 rings (SSSR count). The van der Waals surface area contributed by atoms with Gasteiger partial charge in [0.15, 0.2) is 0 Å². The van der Waals surface area contributed by atoms with Crippen molar-refractivity contribution in [2.45, 2.75) is 46.2 Å². The van der Waals surface area contributed by atoms with Crippen LogP contribution < -0.4 is 0 Å². The summed E-state index contributed by atoms with van der Waals surface area (Å²) in [5, 5.41) is 4.13. The fourth-order valence-corrected chi connectivity index (χ4v) is 2.61. The number of aromatic nitrogens is 3. The van der Waals surface area contributed by atoms with Gasteiger partial charge >= 0.3 is 0 Å². The van der Waals surface area contributed by atoms with Gasteiger partial charge < -0.3 is 0 Å². The van der Waals surface area contributed by atoms with Crippen molar-refractivity contribution >= 4 is 0 Å². The first-order valence-electron chi connectivity index (χ1n) is 6.13. The molecule has 1 aliphatic heterocycles. The van der Waals surface area contributed by atoms with Crippen LogP contribution in [0, 0.1) is 5.41 Å². The number of hydrogen-bond acceptors (Lipinski definition) is 3. The van der Waals surface area contributed by atoms with Crippen molar-refractivity contribution in [3.8, 4) is 0 Å². The highest BCUT2D eigenvalue weighted by Crippen LogP contribution is 2.33. The molecule has 1 aromatic heterocycles. The molecule has 0 amide bonds. The van der Waals surface area contributed by atoms with Crippen LogP contribution in [-0.4, -0.2) is 38.8 Å². The average molecular weight is 222 g/mol. The summed E-state index contributed by atoms with van der Waals surface area (Å²) < 4.78 is 1.91. The maximum Gasteiger partial charge on any atom is 0.137 e. The van der Waals surface area contributed by atoms with Crippen LogP contribution >= 0.6 is 0 Å². The zero-order valence-corrected chi connectivity index (χ0v) is 10.6. The molecule has 0 aliphatic carbocycles. The molecule has 0 saturated carbocycles. The molecule has 4 heteroatoms. The van der Waals surface area contributed by atoms with Gasteiger partial charge in [-0.3, -0.25) is 9.58 Å². The van der Waals surface area contributed by atoms with Crippen molar-refractivity contribution in [3.05, 3.63) is 12.7 Å². The number of likely N-dealkylation sites (tertiary alicyclic amines) is 1. The highest BCUT2D eigenvalue weighted by Gasteiger charge is 2.30. The predicted octanol–water partition coefficient (Wildman–Crippen LogP) is 1.79. The SMILES string of the molecule is CC1CC(C)(C)CCN1CCn1cncn1. The fraction of sp³-hybridized carbons (Fsp3) is 0.833. The molecule has 2 heterocycles. The normalized spacial score (nSPS) is 25.8. The van der Waals surface area contributed by atoms with Gasteiger partial charge in [-0.2, -0.15) is 5.10 Å². The first kappa shape index (κ1) is 11.6. The minimum absolute atomic E-state index is 0.517. The summed E-state index contributed by atoms with van der Waals surface area (Å²) in [6, 6.07) is 0.687. The van der Waals surface area contributed by atoms with E-state index in [0.29, 0.717) is 11.5 Å². The molecule has 0 N–H and O–H groups in total. The van der Waals surface area contributed by atoms with Crippen molar-refractivity contribution in [2.24, 2.45) is 5.41 Å². The Hall–Kier alpha value is -0.900. The Labute approximate surface area is 97.7 Å². The summed E-state index contributed by atoms with van der Waals surface area (Å²) >= 11 is 0. The van der Waals surface area contributed by atoms with Gasteiger partial charge in [0.25, 0.3) is 0 Å². The molecular formula is C12H22N4. The number of hydrogen-bond donors (Lipinski definition) is 0. The number of nitrogens with zero attached hydrogens (tertiary/aromatic N) is 4. The van der Waals surface area contributed by atoms with E-state index in [1.807, 2.05) is 4.68 Å². The molecule has 0 radical (unpaired) electrons. The van der Waals surface area contributed by atoms with Gasteiger partial charge in [-0.1, -0.05) is 13.8 Å². The maximum absolute atomic E-state index is 4.13. The number of piperidine rings is 1. The second kappa shape index (κ2) is 4.53. The molecule has 0 spiro atoms. The molecule has 4 nitrogen and oxygen atoms in total. The molecule has 0 aromatic carbocycles. The van der Waals surface area contributed by atoms with E-state index >= 15 is 0 Å². The van der Waals surface area contributed by atoms with Crippen molar-refractivity contribution in [2.75, 3.05) is 13.1 Å². The Bertz CT molecular complexity index is 318. The molecular weight excluding hydrogens is 200 g/mol. The van der Waals surface area contributed by atoms with Crippen molar-refractivity contribution < 1.29 is 0 Å². The van der Waals surface area contributed by atoms with Gasteiger partial charge in [-0.25, -0.2) is 4.98 Å². The Morgan fingerprint density at radius 2 is 2.19 bits per heavy atom. The first-order valence-corrected chi connectivity index (χ1v) is 6.13. The summed E-state index contributed by atoms with van der Waals surface area (Å²) in [5.41, 5.74) is 0.517. The van der Waals surface area contributed by atoms with Crippen LogP contribution in [0.1, 0.15) is 33.6 Å². The van der Waals surface area contributed by atoms with Crippen LogP contribution in [0.3, 0.4) is 0 Å². The van der Waals surface area contributed by atoms with E-state index in [1.54, 1.807) is 12.7 Å². The molecule has 1 aromatic rings. The summed E-state index contributed by atoms with van der Waals surface area (Å²) in [6.07, 6.45) is 5.99. The summed E-state index contributed by atoms with van der Waals surface area (Å²) in [6.45, 7) is 10.3. The monoisotopic (exact) mass is 222 g/mol. The van der Waals surface area contributed by atoms with Crippen molar-refractivity contribution in [3.63, 3.8) is 0 Å². The van der Waals surface area contributed by atoms with Crippen LogP contribution in [0.2, 0.25) is 0 Å². The van der Waals surface area contributed by atoms with E-state index in [2.05, 4.69) is 35.8 Å². The Morgan fingerprint density at radius 3 is 2.81 bits per heavy atom. The Kier molecular flexibility index (Phi) is 3.28.